The van der Waals surface area contributed by atoms with E-state index in [1.165, 1.54) is 0 Å². The maximum Gasteiger partial charge on any atom is 0.407 e. The maximum absolute atomic E-state index is 11.5. The first kappa shape index (κ1) is 14.6. The molecule has 0 spiro atoms. The second-order valence-corrected chi connectivity index (χ2v) is 5.77. The lowest BCUT2D eigenvalue weighted by molar-refractivity contribution is -0.117. The molecular weight excluding hydrogens is 230 g/mol. The molecule has 1 aliphatic rings. The Balaban J connectivity index is 2.39. The van der Waals surface area contributed by atoms with Crippen LogP contribution in [-0.2, 0) is 9.53 Å². The molecule has 0 bridgehead atoms. The molecule has 1 N–H and O–H groups in total. The molecule has 0 heterocycles. The first-order valence-corrected chi connectivity index (χ1v) is 6.29. The number of hydrogen-bond acceptors (Lipinski definition) is 3. The standard InChI is InChI=1S/C14H21NO3/c1-5-12(16)11(8-10-6-7-10)9-15-13(17)18-14(2,3)4/h1,10-11H,6-9H2,2-4H3,(H,15,17). The van der Waals surface area contributed by atoms with Crippen LogP contribution in [0, 0.1) is 24.2 Å². The molecular formula is C14H21NO3. The molecule has 1 aliphatic carbocycles. The smallest absolute Gasteiger partial charge is 0.407 e. The highest BCUT2D eigenvalue weighted by Crippen LogP contribution is 2.35. The number of ketones is 1. The Morgan fingerprint density at radius 1 is 1.44 bits per heavy atom. The predicted octanol–water partition coefficient (Wildman–Crippen LogP) is 2.13. The van der Waals surface area contributed by atoms with Crippen molar-refractivity contribution in [2.24, 2.45) is 11.8 Å². The van der Waals surface area contributed by atoms with Gasteiger partial charge in [0, 0.05) is 12.5 Å². The van der Waals surface area contributed by atoms with Crippen LogP contribution in [0.5, 0.6) is 0 Å². The van der Waals surface area contributed by atoms with Gasteiger partial charge in [-0.15, -0.1) is 6.42 Å². The van der Waals surface area contributed by atoms with Gasteiger partial charge in [-0.05, 0) is 39.0 Å². The van der Waals surface area contributed by atoms with Gasteiger partial charge in [-0.3, -0.25) is 4.79 Å². The summed E-state index contributed by atoms with van der Waals surface area (Å²) in [4.78, 5) is 23.0. The minimum atomic E-state index is -0.536. The molecule has 1 atom stereocenters. The number of carbonyl (C=O) groups is 2. The fourth-order valence-electron chi connectivity index (χ4n) is 1.68. The van der Waals surface area contributed by atoms with Crippen molar-refractivity contribution in [2.75, 3.05) is 6.54 Å². The van der Waals surface area contributed by atoms with Crippen LogP contribution in [0.2, 0.25) is 0 Å². The molecule has 0 radical (unpaired) electrons. The van der Waals surface area contributed by atoms with Crippen molar-refractivity contribution >= 4 is 11.9 Å². The fraction of sp³-hybridized carbons (Fsp3) is 0.714. The molecule has 0 aliphatic heterocycles. The predicted molar refractivity (Wildman–Crippen MR) is 68.9 cm³/mol. The molecule has 0 aromatic rings. The molecule has 0 aromatic carbocycles. The zero-order valence-corrected chi connectivity index (χ0v) is 11.3. The number of ether oxygens (including phenoxy) is 1. The molecule has 18 heavy (non-hydrogen) atoms. The number of alkyl carbamates (subject to hydrolysis) is 1. The van der Waals surface area contributed by atoms with E-state index in [4.69, 9.17) is 11.2 Å². The van der Waals surface area contributed by atoms with Gasteiger partial charge in [0.15, 0.2) is 0 Å². The topological polar surface area (TPSA) is 55.4 Å². The number of hydrogen-bond donors (Lipinski definition) is 1. The largest absolute Gasteiger partial charge is 0.444 e. The van der Waals surface area contributed by atoms with Gasteiger partial charge in [0.2, 0.25) is 5.78 Å². The van der Waals surface area contributed by atoms with E-state index >= 15 is 0 Å². The van der Waals surface area contributed by atoms with E-state index in [-0.39, 0.29) is 18.2 Å². The van der Waals surface area contributed by atoms with Crippen LogP contribution < -0.4 is 5.32 Å². The summed E-state index contributed by atoms with van der Waals surface area (Å²) in [6.07, 6.45) is 7.70. The third-order valence-corrected chi connectivity index (χ3v) is 2.72. The van der Waals surface area contributed by atoms with Crippen molar-refractivity contribution in [3.05, 3.63) is 0 Å². The Kier molecular flexibility index (Phi) is 4.77. The molecule has 4 heteroatoms. The summed E-state index contributed by atoms with van der Waals surface area (Å²) in [5.74, 6) is 2.21. The quantitative estimate of drug-likeness (QED) is 0.601. The molecule has 0 saturated heterocycles. The minimum absolute atomic E-state index is 0.238. The average molecular weight is 251 g/mol. The lowest BCUT2D eigenvalue weighted by atomic mass is 9.97. The SMILES string of the molecule is C#CC(=O)C(CNC(=O)OC(C)(C)C)CC1CC1. The first-order chi connectivity index (χ1) is 8.31. The van der Waals surface area contributed by atoms with Gasteiger partial charge in [-0.25, -0.2) is 4.79 Å². The number of nitrogens with one attached hydrogen (secondary N) is 1. The Morgan fingerprint density at radius 3 is 2.50 bits per heavy atom. The monoisotopic (exact) mass is 251 g/mol. The Hall–Kier alpha value is -1.50. The van der Waals surface area contributed by atoms with Crippen LogP contribution in [0.4, 0.5) is 4.79 Å². The van der Waals surface area contributed by atoms with Gasteiger partial charge >= 0.3 is 6.09 Å². The highest BCUT2D eigenvalue weighted by atomic mass is 16.6. The Morgan fingerprint density at radius 2 is 2.06 bits per heavy atom. The zero-order chi connectivity index (χ0) is 13.8. The molecule has 1 unspecified atom stereocenters. The highest BCUT2D eigenvalue weighted by Gasteiger charge is 2.29. The highest BCUT2D eigenvalue weighted by molar-refractivity contribution is 5.97. The van der Waals surface area contributed by atoms with Gasteiger partial charge in [0.1, 0.15) is 5.60 Å². The van der Waals surface area contributed by atoms with Crippen LogP contribution in [-0.4, -0.2) is 24.0 Å². The lowest BCUT2D eigenvalue weighted by Gasteiger charge is -2.21. The summed E-state index contributed by atoms with van der Waals surface area (Å²) in [6, 6.07) is 0. The molecule has 1 fully saturated rings. The summed E-state index contributed by atoms with van der Waals surface area (Å²) >= 11 is 0. The van der Waals surface area contributed by atoms with E-state index in [0.29, 0.717) is 5.92 Å². The Bertz CT molecular complexity index is 358. The number of amides is 1. The van der Waals surface area contributed by atoms with Crippen molar-refractivity contribution < 1.29 is 14.3 Å². The maximum atomic E-state index is 11.5. The summed E-state index contributed by atoms with van der Waals surface area (Å²) in [7, 11) is 0. The van der Waals surface area contributed by atoms with Gasteiger partial charge in [0.25, 0.3) is 0 Å². The van der Waals surface area contributed by atoms with Gasteiger partial charge in [-0.1, -0.05) is 12.8 Å². The van der Waals surface area contributed by atoms with E-state index < -0.39 is 11.7 Å². The van der Waals surface area contributed by atoms with Crippen LogP contribution in [0.1, 0.15) is 40.0 Å². The van der Waals surface area contributed by atoms with E-state index in [2.05, 4.69) is 11.2 Å². The number of rotatable bonds is 5. The van der Waals surface area contributed by atoms with Crippen molar-refractivity contribution in [1.82, 2.24) is 5.32 Å². The molecule has 100 valence electrons. The molecule has 0 aromatic heterocycles. The zero-order valence-electron chi connectivity index (χ0n) is 11.3. The van der Waals surface area contributed by atoms with Crippen LogP contribution in [0.15, 0.2) is 0 Å². The molecule has 1 amide bonds. The van der Waals surface area contributed by atoms with Gasteiger partial charge < -0.3 is 10.1 Å². The van der Waals surface area contributed by atoms with Crippen molar-refractivity contribution in [1.29, 1.82) is 0 Å². The van der Waals surface area contributed by atoms with Crippen molar-refractivity contribution in [3.8, 4) is 12.3 Å². The Labute approximate surface area is 108 Å². The second kappa shape index (κ2) is 5.90. The van der Waals surface area contributed by atoms with Crippen LogP contribution in [0.25, 0.3) is 0 Å². The third-order valence-electron chi connectivity index (χ3n) is 2.72. The fourth-order valence-corrected chi connectivity index (χ4v) is 1.68. The van der Waals surface area contributed by atoms with Crippen LogP contribution >= 0.6 is 0 Å². The van der Waals surface area contributed by atoms with E-state index in [1.807, 2.05) is 0 Å². The lowest BCUT2D eigenvalue weighted by Crippen LogP contribution is -2.37. The molecule has 4 nitrogen and oxygen atoms in total. The van der Waals surface area contributed by atoms with E-state index in [1.54, 1.807) is 20.8 Å². The molecule has 1 rings (SSSR count). The normalized spacial score (nSPS) is 16.6. The summed E-state index contributed by atoms with van der Waals surface area (Å²) in [6.45, 7) is 5.64. The number of carbonyl (C=O) groups excluding carboxylic acids is 2. The average Bonchev–Trinajstić information content (AvgIpc) is 3.04. The van der Waals surface area contributed by atoms with E-state index in [0.717, 1.165) is 19.3 Å². The van der Waals surface area contributed by atoms with Gasteiger partial charge in [-0.2, -0.15) is 0 Å². The number of terminal acetylenes is 1. The van der Waals surface area contributed by atoms with Crippen molar-refractivity contribution in [3.63, 3.8) is 0 Å². The minimum Gasteiger partial charge on any atom is -0.444 e. The van der Waals surface area contributed by atoms with Crippen LogP contribution in [0.3, 0.4) is 0 Å². The number of Topliss-reactive ketones (excluding diaryl/α,β-unsaturated/α-hetero) is 1. The summed E-state index contributed by atoms with van der Waals surface area (Å²) < 4.78 is 5.11. The summed E-state index contributed by atoms with van der Waals surface area (Å²) in [5, 5.41) is 2.61. The second-order valence-electron chi connectivity index (χ2n) is 5.77. The molecule has 1 saturated carbocycles. The van der Waals surface area contributed by atoms with E-state index in [9.17, 15) is 9.59 Å². The third kappa shape index (κ3) is 5.72. The summed E-state index contributed by atoms with van der Waals surface area (Å²) in [5.41, 5.74) is -0.536. The van der Waals surface area contributed by atoms with Gasteiger partial charge in [0.05, 0.1) is 0 Å². The first-order valence-electron chi connectivity index (χ1n) is 6.29. The van der Waals surface area contributed by atoms with Crippen molar-refractivity contribution in [2.45, 2.75) is 45.6 Å².